The van der Waals surface area contributed by atoms with Gasteiger partial charge in [0.05, 0.1) is 0 Å². The normalized spacial score (nSPS) is 10.2. The van der Waals surface area contributed by atoms with Crippen LogP contribution in [0.15, 0.2) is 18.3 Å². The van der Waals surface area contributed by atoms with Crippen LogP contribution in [0, 0.1) is 0 Å². The smallest absolute Gasteiger partial charge is 0.354 e. The molecule has 0 radical (unpaired) electrons. The summed E-state index contributed by atoms with van der Waals surface area (Å²) in [7, 11) is 0. The number of carboxylic acid groups (broad SMARTS) is 1. The number of hydrogen-bond donors (Lipinski definition) is 3. The van der Waals surface area contributed by atoms with Crippen molar-refractivity contribution < 1.29 is 20.1 Å². The molecule has 1 aromatic heterocycles. The highest BCUT2D eigenvalue weighted by molar-refractivity contribution is 5.85. The number of carbonyl (C=O) groups is 1. The minimum atomic E-state index is -1.66. The Hall–Kier alpha value is -1.46. The summed E-state index contributed by atoms with van der Waals surface area (Å²) in [6, 6.07) is 2.43. The topological polar surface area (TPSA) is 90.7 Å². The van der Waals surface area contributed by atoms with Crippen LogP contribution < -0.4 is 0 Å². The van der Waals surface area contributed by atoms with Gasteiger partial charge in [0.25, 0.3) is 0 Å². The summed E-state index contributed by atoms with van der Waals surface area (Å²) in [5.41, 5.74) is -0.0944. The van der Waals surface area contributed by atoms with Gasteiger partial charge in [-0.15, -0.1) is 0 Å². The molecule has 0 saturated carbocycles. The summed E-state index contributed by atoms with van der Waals surface area (Å²) in [5.74, 6) is -1.20. The van der Waals surface area contributed by atoms with Crippen molar-refractivity contribution in [1.29, 1.82) is 0 Å². The van der Waals surface area contributed by atoms with Gasteiger partial charge in [-0.3, -0.25) is 0 Å². The molecule has 0 fully saturated rings. The van der Waals surface area contributed by atoms with Crippen molar-refractivity contribution in [1.82, 2.24) is 4.98 Å². The number of rotatable bonds is 2. The number of hydrogen-bond acceptors (Lipinski definition) is 4. The van der Waals surface area contributed by atoms with Gasteiger partial charge in [0.1, 0.15) is 5.69 Å². The third-order valence-electron chi connectivity index (χ3n) is 1.30. The SMILES string of the molecule is O=C(O)c1cc(C(O)O)ccn1. The van der Waals surface area contributed by atoms with Crippen LogP contribution in [-0.4, -0.2) is 26.3 Å². The van der Waals surface area contributed by atoms with E-state index in [1.807, 2.05) is 0 Å². The summed E-state index contributed by atoms with van der Waals surface area (Å²) in [6.45, 7) is 0. The first-order valence-electron chi connectivity index (χ1n) is 3.16. The molecular weight excluding hydrogens is 162 g/mol. The maximum atomic E-state index is 10.3. The monoisotopic (exact) mass is 169 g/mol. The lowest BCUT2D eigenvalue weighted by Crippen LogP contribution is -2.03. The Kier molecular flexibility index (Phi) is 2.37. The fourth-order valence-electron chi connectivity index (χ4n) is 0.724. The van der Waals surface area contributed by atoms with Crippen molar-refractivity contribution in [3.63, 3.8) is 0 Å². The molecule has 0 atom stereocenters. The second-order valence-corrected chi connectivity index (χ2v) is 2.15. The van der Waals surface area contributed by atoms with E-state index in [4.69, 9.17) is 15.3 Å². The summed E-state index contributed by atoms with van der Waals surface area (Å²) in [6.07, 6.45) is -0.454. The average Bonchev–Trinajstić information content (AvgIpc) is 2.04. The first kappa shape index (κ1) is 8.63. The average molecular weight is 169 g/mol. The molecule has 0 spiro atoms. The number of aliphatic hydroxyl groups is 2. The summed E-state index contributed by atoms with van der Waals surface area (Å²) in [5, 5.41) is 25.8. The molecular formula is C7H7NO4. The molecule has 1 aromatic rings. The molecule has 0 unspecified atom stereocenters. The Morgan fingerprint density at radius 3 is 2.67 bits per heavy atom. The van der Waals surface area contributed by atoms with Crippen LogP contribution >= 0.6 is 0 Å². The van der Waals surface area contributed by atoms with Crippen molar-refractivity contribution in [2.45, 2.75) is 6.29 Å². The molecule has 3 N–H and O–H groups in total. The molecule has 0 bridgehead atoms. The van der Waals surface area contributed by atoms with Crippen LogP contribution in [0.5, 0.6) is 0 Å². The first-order valence-corrected chi connectivity index (χ1v) is 3.16. The van der Waals surface area contributed by atoms with Gasteiger partial charge in [-0.25, -0.2) is 9.78 Å². The molecule has 0 aliphatic carbocycles. The van der Waals surface area contributed by atoms with E-state index in [2.05, 4.69) is 4.98 Å². The lowest BCUT2D eigenvalue weighted by Gasteiger charge is -2.02. The molecule has 0 amide bonds. The number of carboxylic acids is 1. The molecule has 0 aliphatic rings. The fourth-order valence-corrected chi connectivity index (χ4v) is 0.724. The highest BCUT2D eigenvalue weighted by Crippen LogP contribution is 2.09. The molecule has 64 valence electrons. The van der Waals surface area contributed by atoms with Crippen molar-refractivity contribution in [2.75, 3.05) is 0 Å². The van der Waals surface area contributed by atoms with Gasteiger partial charge >= 0.3 is 5.97 Å². The van der Waals surface area contributed by atoms with E-state index in [1.54, 1.807) is 0 Å². The van der Waals surface area contributed by atoms with Crippen LogP contribution in [0.3, 0.4) is 0 Å². The van der Waals surface area contributed by atoms with E-state index < -0.39 is 12.3 Å². The summed E-state index contributed by atoms with van der Waals surface area (Å²) < 4.78 is 0. The maximum Gasteiger partial charge on any atom is 0.354 e. The number of nitrogens with zero attached hydrogens (tertiary/aromatic N) is 1. The lowest BCUT2D eigenvalue weighted by atomic mass is 10.2. The van der Waals surface area contributed by atoms with E-state index in [9.17, 15) is 4.79 Å². The predicted octanol–water partition coefficient (Wildman–Crippen LogP) is -0.237. The Morgan fingerprint density at radius 2 is 2.17 bits per heavy atom. The Balaban J connectivity index is 3.04. The van der Waals surface area contributed by atoms with Gasteiger partial charge < -0.3 is 15.3 Å². The van der Waals surface area contributed by atoms with E-state index in [0.29, 0.717) is 0 Å². The standard InChI is InChI=1S/C7H7NO4/c9-6(10)4-1-2-8-5(3-4)7(11)12/h1-3,6,9-10H,(H,11,12). The zero-order valence-electron chi connectivity index (χ0n) is 6.01. The molecule has 1 rings (SSSR count). The molecule has 0 saturated heterocycles. The highest BCUT2D eigenvalue weighted by atomic mass is 16.5. The van der Waals surface area contributed by atoms with Gasteiger partial charge in [-0.2, -0.15) is 0 Å². The van der Waals surface area contributed by atoms with Gasteiger partial charge in [0, 0.05) is 11.8 Å². The summed E-state index contributed by atoms with van der Waals surface area (Å²) >= 11 is 0. The molecule has 0 aromatic carbocycles. The second kappa shape index (κ2) is 3.29. The molecule has 5 nitrogen and oxygen atoms in total. The first-order chi connectivity index (χ1) is 5.61. The zero-order valence-corrected chi connectivity index (χ0v) is 6.01. The third kappa shape index (κ3) is 1.77. The lowest BCUT2D eigenvalue weighted by molar-refractivity contribution is -0.0425. The third-order valence-corrected chi connectivity index (χ3v) is 1.30. The van der Waals surface area contributed by atoms with Crippen LogP contribution in [0.4, 0.5) is 0 Å². The van der Waals surface area contributed by atoms with E-state index >= 15 is 0 Å². The van der Waals surface area contributed by atoms with Crippen molar-refractivity contribution in [3.8, 4) is 0 Å². The zero-order chi connectivity index (χ0) is 9.14. The van der Waals surface area contributed by atoms with Gasteiger partial charge in [0.15, 0.2) is 6.29 Å². The molecule has 1 heterocycles. The number of aromatic carboxylic acids is 1. The Morgan fingerprint density at radius 1 is 1.50 bits per heavy atom. The molecule has 5 heteroatoms. The van der Waals surface area contributed by atoms with Crippen LogP contribution in [0.2, 0.25) is 0 Å². The van der Waals surface area contributed by atoms with Crippen molar-refractivity contribution in [2.24, 2.45) is 0 Å². The quantitative estimate of drug-likeness (QED) is 0.531. The number of pyridine rings is 1. The van der Waals surface area contributed by atoms with Gasteiger partial charge in [-0.1, -0.05) is 0 Å². The molecule has 12 heavy (non-hydrogen) atoms. The van der Waals surface area contributed by atoms with E-state index in [0.717, 1.165) is 6.07 Å². The van der Waals surface area contributed by atoms with Gasteiger partial charge in [0.2, 0.25) is 0 Å². The molecule has 0 aliphatic heterocycles. The van der Waals surface area contributed by atoms with Crippen molar-refractivity contribution >= 4 is 5.97 Å². The van der Waals surface area contributed by atoms with Crippen molar-refractivity contribution in [3.05, 3.63) is 29.6 Å². The highest BCUT2D eigenvalue weighted by Gasteiger charge is 2.08. The maximum absolute atomic E-state index is 10.3. The van der Waals surface area contributed by atoms with E-state index in [1.165, 1.54) is 12.3 Å². The van der Waals surface area contributed by atoms with Crippen LogP contribution in [-0.2, 0) is 0 Å². The van der Waals surface area contributed by atoms with Crippen LogP contribution in [0.1, 0.15) is 22.3 Å². The predicted molar refractivity (Wildman–Crippen MR) is 38.4 cm³/mol. The van der Waals surface area contributed by atoms with Gasteiger partial charge in [-0.05, 0) is 12.1 Å². The fraction of sp³-hybridized carbons (Fsp3) is 0.143. The Labute approximate surface area is 67.9 Å². The Bertz CT molecular complexity index is 297. The second-order valence-electron chi connectivity index (χ2n) is 2.15. The number of aromatic nitrogens is 1. The largest absolute Gasteiger partial charge is 0.477 e. The van der Waals surface area contributed by atoms with Crippen LogP contribution in [0.25, 0.3) is 0 Å². The minimum Gasteiger partial charge on any atom is -0.477 e. The number of aliphatic hydroxyl groups excluding tert-OH is 1. The minimum absolute atomic E-state index is 0.113. The summed E-state index contributed by atoms with van der Waals surface area (Å²) in [4.78, 5) is 13.8. The van der Waals surface area contributed by atoms with E-state index in [-0.39, 0.29) is 11.3 Å².